The standard InChI is InChI=1S/C31H40N6O3/c1-30(2,29-36-35-28(40-29)20-10-6-11-20)21-12-7-13-22(18-21)33-27(39)25(34-26(38)23-14-17-32-37(23)4)24(19-8-5-9-19)31(3)15-16-31/h7,12-14,17-20,24-25H,5-6,8-11,15-16H2,1-4H3,(H,33,39)(H,34,38)/t24?,25-/m0/s1. The Bertz CT molecular complexity index is 1400. The molecule has 0 saturated heterocycles. The number of aryl methyl sites for hydroxylation is 1. The van der Waals surface area contributed by atoms with Gasteiger partial charge in [0.1, 0.15) is 11.7 Å². The average Bonchev–Trinajstić information content (AvgIpc) is 3.22. The number of aromatic nitrogens is 4. The Kier molecular flexibility index (Phi) is 6.79. The van der Waals surface area contributed by atoms with Crippen LogP contribution in [0.15, 0.2) is 40.9 Å². The molecule has 0 bridgehead atoms. The molecule has 0 radical (unpaired) electrons. The van der Waals surface area contributed by atoms with Crippen molar-refractivity contribution in [2.75, 3.05) is 5.32 Å². The zero-order valence-electron chi connectivity index (χ0n) is 23.9. The van der Waals surface area contributed by atoms with E-state index in [2.05, 4.69) is 46.7 Å². The number of benzene rings is 1. The minimum Gasteiger partial charge on any atom is -0.424 e. The van der Waals surface area contributed by atoms with Crippen molar-refractivity contribution in [1.29, 1.82) is 0 Å². The van der Waals surface area contributed by atoms with E-state index in [1.165, 1.54) is 12.8 Å². The first-order chi connectivity index (χ1) is 19.2. The number of nitrogens with one attached hydrogen (secondary N) is 2. The minimum absolute atomic E-state index is 0.0623. The molecule has 2 N–H and O–H groups in total. The van der Waals surface area contributed by atoms with Crippen molar-refractivity contribution in [1.82, 2.24) is 25.3 Å². The molecule has 3 aromatic rings. The van der Waals surface area contributed by atoms with Gasteiger partial charge in [-0.05, 0) is 80.5 Å². The van der Waals surface area contributed by atoms with Crippen LogP contribution < -0.4 is 10.6 Å². The van der Waals surface area contributed by atoms with Gasteiger partial charge in [-0.15, -0.1) is 10.2 Å². The quantitative estimate of drug-likeness (QED) is 0.356. The monoisotopic (exact) mass is 544 g/mol. The molecule has 6 rings (SSSR count). The second-order valence-corrected chi connectivity index (χ2v) is 12.9. The van der Waals surface area contributed by atoms with Crippen LogP contribution in [0.3, 0.4) is 0 Å². The highest BCUT2D eigenvalue weighted by Gasteiger charge is 2.54. The summed E-state index contributed by atoms with van der Waals surface area (Å²) >= 11 is 0. The maximum atomic E-state index is 14.0. The third-order valence-corrected chi connectivity index (χ3v) is 9.76. The van der Waals surface area contributed by atoms with E-state index in [-0.39, 0.29) is 23.1 Å². The van der Waals surface area contributed by atoms with Crippen molar-refractivity contribution >= 4 is 17.5 Å². The van der Waals surface area contributed by atoms with Crippen LogP contribution in [0, 0.1) is 17.3 Å². The predicted octanol–water partition coefficient (Wildman–Crippen LogP) is 5.35. The molecule has 3 fully saturated rings. The topological polar surface area (TPSA) is 115 Å². The van der Waals surface area contributed by atoms with Gasteiger partial charge in [-0.3, -0.25) is 14.3 Å². The molecule has 0 spiro atoms. The van der Waals surface area contributed by atoms with E-state index in [0.29, 0.717) is 29.1 Å². The Morgan fingerprint density at radius 2 is 1.85 bits per heavy atom. The summed E-state index contributed by atoms with van der Waals surface area (Å²) in [6.07, 6.45) is 10.5. The molecule has 1 aromatic carbocycles. The molecule has 212 valence electrons. The number of nitrogens with zero attached hydrogens (tertiary/aromatic N) is 4. The van der Waals surface area contributed by atoms with Gasteiger partial charge in [-0.25, -0.2) is 0 Å². The third-order valence-electron chi connectivity index (χ3n) is 9.76. The second-order valence-electron chi connectivity index (χ2n) is 12.9. The Morgan fingerprint density at radius 1 is 1.10 bits per heavy atom. The fraction of sp³-hybridized carbons (Fsp3) is 0.581. The highest BCUT2D eigenvalue weighted by Crippen LogP contribution is 2.58. The molecular weight excluding hydrogens is 504 g/mol. The summed E-state index contributed by atoms with van der Waals surface area (Å²) in [4.78, 5) is 27.3. The third kappa shape index (κ3) is 4.95. The summed E-state index contributed by atoms with van der Waals surface area (Å²) in [5.41, 5.74) is 1.62. The smallest absolute Gasteiger partial charge is 0.270 e. The van der Waals surface area contributed by atoms with Gasteiger partial charge in [0.2, 0.25) is 17.7 Å². The summed E-state index contributed by atoms with van der Waals surface area (Å²) in [5, 5.41) is 19.1. The molecule has 2 atom stereocenters. The van der Waals surface area contributed by atoms with E-state index in [0.717, 1.165) is 50.0 Å². The van der Waals surface area contributed by atoms with Crippen LogP contribution in [0.2, 0.25) is 0 Å². The number of carbonyl (C=O) groups excluding carboxylic acids is 2. The molecule has 40 heavy (non-hydrogen) atoms. The van der Waals surface area contributed by atoms with Gasteiger partial charge in [0.05, 0.1) is 5.41 Å². The van der Waals surface area contributed by atoms with E-state index in [4.69, 9.17) is 4.42 Å². The normalized spacial score (nSPS) is 20.2. The number of hydrogen-bond donors (Lipinski definition) is 2. The average molecular weight is 545 g/mol. The Morgan fingerprint density at radius 3 is 2.45 bits per heavy atom. The van der Waals surface area contributed by atoms with Gasteiger partial charge in [-0.2, -0.15) is 5.10 Å². The van der Waals surface area contributed by atoms with Crippen molar-refractivity contribution < 1.29 is 14.0 Å². The first-order valence-corrected chi connectivity index (χ1v) is 14.7. The molecule has 1 unspecified atom stereocenters. The van der Waals surface area contributed by atoms with Crippen molar-refractivity contribution in [3.05, 3.63) is 59.6 Å². The second kappa shape index (κ2) is 10.2. The Balaban J connectivity index is 1.25. The lowest BCUT2D eigenvalue weighted by Crippen LogP contribution is -2.54. The van der Waals surface area contributed by atoms with E-state index in [1.807, 2.05) is 24.3 Å². The van der Waals surface area contributed by atoms with Crippen LogP contribution in [0.4, 0.5) is 5.69 Å². The molecular formula is C31H40N6O3. The number of hydrogen-bond acceptors (Lipinski definition) is 6. The summed E-state index contributed by atoms with van der Waals surface area (Å²) in [7, 11) is 1.74. The fourth-order valence-electron chi connectivity index (χ4n) is 6.34. The zero-order chi connectivity index (χ0) is 28.1. The van der Waals surface area contributed by atoms with Crippen LogP contribution in [-0.2, 0) is 17.3 Å². The lowest BCUT2D eigenvalue weighted by Gasteiger charge is -2.42. The maximum absolute atomic E-state index is 14.0. The van der Waals surface area contributed by atoms with Gasteiger partial charge >= 0.3 is 0 Å². The molecule has 9 heteroatoms. The number of rotatable bonds is 10. The molecule has 3 aliphatic rings. The molecule has 3 saturated carbocycles. The van der Waals surface area contributed by atoms with Crippen molar-refractivity contribution in [2.45, 2.75) is 89.5 Å². The van der Waals surface area contributed by atoms with E-state index in [9.17, 15) is 9.59 Å². The van der Waals surface area contributed by atoms with Crippen molar-refractivity contribution in [2.24, 2.45) is 24.3 Å². The SMILES string of the molecule is Cn1nccc1C(=O)N[C@H](C(=O)Nc1cccc(C(C)(C)c2nnc(C3CCC3)o2)c1)C(C1CCC1)C1(C)CC1. The summed E-state index contributed by atoms with van der Waals surface area (Å²) in [5.74, 6) is 1.73. The Labute approximate surface area is 235 Å². The highest BCUT2D eigenvalue weighted by molar-refractivity contribution is 6.00. The Hall–Kier alpha value is -3.49. The van der Waals surface area contributed by atoms with Crippen LogP contribution in [0.25, 0.3) is 0 Å². The molecule has 3 aliphatic carbocycles. The molecule has 9 nitrogen and oxygen atoms in total. The number of carbonyl (C=O) groups is 2. The van der Waals surface area contributed by atoms with Crippen LogP contribution >= 0.6 is 0 Å². The molecule has 2 amide bonds. The molecule has 2 aromatic heterocycles. The summed E-state index contributed by atoms with van der Waals surface area (Å²) < 4.78 is 7.65. The van der Waals surface area contributed by atoms with Gasteiger partial charge in [0, 0.05) is 24.8 Å². The van der Waals surface area contributed by atoms with Crippen LogP contribution in [0.5, 0.6) is 0 Å². The maximum Gasteiger partial charge on any atom is 0.270 e. The van der Waals surface area contributed by atoms with Gasteiger partial charge in [0.15, 0.2) is 0 Å². The van der Waals surface area contributed by atoms with Crippen LogP contribution in [-0.4, -0.2) is 37.8 Å². The van der Waals surface area contributed by atoms with Crippen LogP contribution in [0.1, 0.15) is 106 Å². The number of amides is 2. The fourth-order valence-corrected chi connectivity index (χ4v) is 6.34. The van der Waals surface area contributed by atoms with Crippen molar-refractivity contribution in [3.8, 4) is 0 Å². The van der Waals surface area contributed by atoms with E-state index >= 15 is 0 Å². The number of anilines is 1. The lowest BCUT2D eigenvalue weighted by atomic mass is 9.66. The van der Waals surface area contributed by atoms with Gasteiger partial charge in [0.25, 0.3) is 5.91 Å². The van der Waals surface area contributed by atoms with E-state index in [1.54, 1.807) is 24.0 Å². The zero-order valence-corrected chi connectivity index (χ0v) is 23.9. The van der Waals surface area contributed by atoms with Crippen molar-refractivity contribution in [3.63, 3.8) is 0 Å². The lowest BCUT2D eigenvalue weighted by molar-refractivity contribution is -0.121. The predicted molar refractivity (Wildman–Crippen MR) is 151 cm³/mol. The summed E-state index contributed by atoms with van der Waals surface area (Å²) in [6, 6.07) is 8.86. The minimum atomic E-state index is -0.641. The van der Waals surface area contributed by atoms with E-state index < -0.39 is 11.5 Å². The molecule has 2 heterocycles. The van der Waals surface area contributed by atoms with Gasteiger partial charge in [-0.1, -0.05) is 44.7 Å². The molecule has 0 aliphatic heterocycles. The first kappa shape index (κ1) is 26.7. The summed E-state index contributed by atoms with van der Waals surface area (Å²) in [6.45, 7) is 6.38. The first-order valence-electron chi connectivity index (χ1n) is 14.7. The highest BCUT2D eigenvalue weighted by atomic mass is 16.4. The van der Waals surface area contributed by atoms with Gasteiger partial charge < -0.3 is 15.1 Å². The largest absolute Gasteiger partial charge is 0.424 e.